The van der Waals surface area contributed by atoms with Crippen molar-refractivity contribution in [2.24, 2.45) is 0 Å². The molecule has 0 spiro atoms. The lowest BCUT2D eigenvalue weighted by atomic mass is 9.87. The van der Waals surface area contributed by atoms with Gasteiger partial charge < -0.3 is 0 Å². The van der Waals surface area contributed by atoms with Crippen LogP contribution in [-0.4, -0.2) is 0 Å². The van der Waals surface area contributed by atoms with E-state index in [-0.39, 0.29) is 0 Å². The van der Waals surface area contributed by atoms with Crippen LogP contribution in [0.15, 0.2) is 72.8 Å². The lowest BCUT2D eigenvalue weighted by Gasteiger charge is -2.18. The molecule has 0 N–H and O–H groups in total. The van der Waals surface area contributed by atoms with Gasteiger partial charge in [-0.3, -0.25) is 0 Å². The molecule has 0 saturated heterocycles. The lowest BCUT2D eigenvalue weighted by Crippen LogP contribution is -2.01. The van der Waals surface area contributed by atoms with Crippen molar-refractivity contribution in [3.63, 3.8) is 0 Å². The third kappa shape index (κ3) is 10.8. The summed E-state index contributed by atoms with van der Waals surface area (Å²) < 4.78 is 0. The fraction of sp³-hybridized carbons (Fsp3) is 0.533. The Morgan fingerprint density at radius 3 is 1.47 bits per heavy atom. The maximum atomic E-state index is 2.42. The van der Waals surface area contributed by atoms with Crippen LogP contribution in [0.2, 0.25) is 0 Å². The van der Waals surface area contributed by atoms with Crippen LogP contribution in [0, 0.1) is 0 Å². The van der Waals surface area contributed by atoms with E-state index in [9.17, 15) is 0 Å². The zero-order valence-corrected chi connectivity index (χ0v) is 19.4. The van der Waals surface area contributed by atoms with Gasteiger partial charge in [0.1, 0.15) is 0 Å². The van der Waals surface area contributed by atoms with Crippen LogP contribution in [0.3, 0.4) is 0 Å². The van der Waals surface area contributed by atoms with Crippen molar-refractivity contribution >= 4 is 0 Å². The van der Waals surface area contributed by atoms with Crippen molar-refractivity contribution in [3.8, 4) is 0 Å². The van der Waals surface area contributed by atoms with Crippen molar-refractivity contribution in [2.75, 3.05) is 0 Å². The highest BCUT2D eigenvalue weighted by Crippen LogP contribution is 2.30. The normalized spacial score (nSPS) is 11.5. The standard InChI is InChI=1S/C30H44/c1-2-3-4-5-6-7-8-9-10-11-12-13-14-15-22-27-30(28-23-18-16-19-24-28)29-25-20-17-21-26-29/h9-10,16-21,23-26,30H,2-8,11-15,22,27H2,1H3/b10-9-. The van der Waals surface area contributed by atoms with Crippen LogP contribution in [0.4, 0.5) is 0 Å². The summed E-state index contributed by atoms with van der Waals surface area (Å²) in [6.07, 6.45) is 23.9. The smallest absolute Gasteiger partial charge is 0.00893 e. The second-order valence-electron chi connectivity index (χ2n) is 8.75. The highest BCUT2D eigenvalue weighted by molar-refractivity contribution is 5.32. The molecule has 0 aliphatic heterocycles. The van der Waals surface area contributed by atoms with E-state index in [2.05, 4.69) is 79.7 Å². The molecule has 2 aromatic rings. The number of unbranched alkanes of at least 4 members (excludes halogenated alkanes) is 11. The van der Waals surface area contributed by atoms with Crippen molar-refractivity contribution < 1.29 is 0 Å². The molecule has 30 heavy (non-hydrogen) atoms. The van der Waals surface area contributed by atoms with Gasteiger partial charge in [-0.15, -0.1) is 0 Å². The zero-order chi connectivity index (χ0) is 21.1. The van der Waals surface area contributed by atoms with Gasteiger partial charge in [-0.05, 0) is 43.2 Å². The Morgan fingerprint density at radius 2 is 0.967 bits per heavy atom. The van der Waals surface area contributed by atoms with Gasteiger partial charge in [-0.1, -0.05) is 138 Å². The van der Waals surface area contributed by atoms with E-state index in [0.29, 0.717) is 5.92 Å². The molecule has 0 heteroatoms. The topological polar surface area (TPSA) is 0 Å². The number of hydrogen-bond donors (Lipinski definition) is 0. The van der Waals surface area contributed by atoms with E-state index in [0.717, 1.165) is 0 Å². The van der Waals surface area contributed by atoms with E-state index < -0.39 is 0 Å². The molecule has 0 aliphatic rings. The van der Waals surface area contributed by atoms with Gasteiger partial charge in [-0.25, -0.2) is 0 Å². The van der Waals surface area contributed by atoms with Crippen molar-refractivity contribution in [2.45, 2.75) is 103 Å². The molecule has 0 nitrogen and oxygen atoms in total. The summed E-state index contributed by atoms with van der Waals surface area (Å²) in [5, 5.41) is 0. The Kier molecular flexibility index (Phi) is 13.8. The van der Waals surface area contributed by atoms with Crippen LogP contribution in [0.25, 0.3) is 0 Å². The minimum absolute atomic E-state index is 0.539. The lowest BCUT2D eigenvalue weighted by molar-refractivity contribution is 0.573. The van der Waals surface area contributed by atoms with E-state index in [4.69, 9.17) is 0 Å². The summed E-state index contributed by atoms with van der Waals surface area (Å²) >= 11 is 0. The third-order valence-corrected chi connectivity index (χ3v) is 6.16. The average molecular weight is 405 g/mol. The third-order valence-electron chi connectivity index (χ3n) is 6.16. The highest BCUT2D eigenvalue weighted by Gasteiger charge is 2.13. The molecule has 0 fully saturated rings. The Morgan fingerprint density at radius 1 is 0.533 bits per heavy atom. The Labute approximate surface area is 186 Å². The van der Waals surface area contributed by atoms with Gasteiger partial charge in [0.2, 0.25) is 0 Å². The average Bonchev–Trinajstić information content (AvgIpc) is 2.80. The van der Waals surface area contributed by atoms with Crippen molar-refractivity contribution in [1.82, 2.24) is 0 Å². The van der Waals surface area contributed by atoms with Gasteiger partial charge >= 0.3 is 0 Å². The molecule has 0 aromatic heterocycles. The molecule has 0 unspecified atom stereocenters. The molecule has 2 rings (SSSR count). The van der Waals surface area contributed by atoms with Gasteiger partial charge in [-0.2, -0.15) is 0 Å². The first-order valence-electron chi connectivity index (χ1n) is 12.7. The molecule has 0 atom stereocenters. The minimum Gasteiger partial charge on any atom is -0.0885 e. The summed E-state index contributed by atoms with van der Waals surface area (Å²) in [5.41, 5.74) is 2.92. The first kappa shape index (κ1) is 24.4. The molecule has 2 aromatic carbocycles. The fourth-order valence-electron chi connectivity index (χ4n) is 4.32. The maximum Gasteiger partial charge on any atom is 0.00893 e. The molecular weight excluding hydrogens is 360 g/mol. The second kappa shape index (κ2) is 16.9. The molecule has 0 heterocycles. The summed E-state index contributed by atoms with van der Waals surface area (Å²) in [6, 6.07) is 22.1. The number of allylic oxidation sites excluding steroid dienone is 2. The fourth-order valence-corrected chi connectivity index (χ4v) is 4.32. The summed E-state index contributed by atoms with van der Waals surface area (Å²) in [7, 11) is 0. The molecule has 0 amide bonds. The first-order valence-corrected chi connectivity index (χ1v) is 12.7. The van der Waals surface area contributed by atoms with E-state index in [1.54, 1.807) is 0 Å². The van der Waals surface area contributed by atoms with Crippen LogP contribution >= 0.6 is 0 Å². The molecular formula is C30H44. The summed E-state index contributed by atoms with van der Waals surface area (Å²) in [4.78, 5) is 0. The van der Waals surface area contributed by atoms with Crippen molar-refractivity contribution in [3.05, 3.63) is 83.9 Å². The molecule has 0 saturated carbocycles. The first-order chi connectivity index (χ1) is 14.9. The summed E-state index contributed by atoms with van der Waals surface area (Å²) in [5.74, 6) is 0.539. The van der Waals surface area contributed by atoms with Crippen LogP contribution < -0.4 is 0 Å². The van der Waals surface area contributed by atoms with Crippen LogP contribution in [-0.2, 0) is 0 Å². The largest absolute Gasteiger partial charge is 0.0885 e. The minimum atomic E-state index is 0.539. The monoisotopic (exact) mass is 404 g/mol. The number of rotatable bonds is 17. The Balaban J connectivity index is 1.53. The van der Waals surface area contributed by atoms with Gasteiger partial charge in [0.15, 0.2) is 0 Å². The molecule has 0 bridgehead atoms. The van der Waals surface area contributed by atoms with Crippen LogP contribution in [0.5, 0.6) is 0 Å². The second-order valence-corrected chi connectivity index (χ2v) is 8.75. The predicted molar refractivity (Wildman–Crippen MR) is 134 cm³/mol. The van der Waals surface area contributed by atoms with E-state index in [1.165, 1.54) is 101 Å². The number of hydrogen-bond acceptors (Lipinski definition) is 0. The van der Waals surface area contributed by atoms with E-state index >= 15 is 0 Å². The molecule has 0 aliphatic carbocycles. The Bertz CT molecular complexity index is 601. The van der Waals surface area contributed by atoms with E-state index in [1.807, 2.05) is 0 Å². The predicted octanol–water partition coefficient (Wildman–Crippen LogP) is 9.86. The quantitative estimate of drug-likeness (QED) is 0.182. The van der Waals surface area contributed by atoms with Gasteiger partial charge in [0.25, 0.3) is 0 Å². The van der Waals surface area contributed by atoms with Gasteiger partial charge in [0.05, 0.1) is 0 Å². The maximum absolute atomic E-state index is 2.42. The SMILES string of the molecule is CCCCCCCC/C=C\CCCCCCCC(c1ccccc1)c1ccccc1. The summed E-state index contributed by atoms with van der Waals surface area (Å²) in [6.45, 7) is 2.29. The Hall–Kier alpha value is -1.82. The molecule has 0 radical (unpaired) electrons. The zero-order valence-electron chi connectivity index (χ0n) is 19.4. The highest BCUT2D eigenvalue weighted by atomic mass is 14.2. The van der Waals surface area contributed by atoms with Crippen molar-refractivity contribution in [1.29, 1.82) is 0 Å². The number of benzene rings is 2. The van der Waals surface area contributed by atoms with Gasteiger partial charge in [0, 0.05) is 5.92 Å². The molecule has 164 valence electrons. The van der Waals surface area contributed by atoms with Crippen LogP contribution in [0.1, 0.15) is 114 Å².